The van der Waals surface area contributed by atoms with Gasteiger partial charge in [-0.1, -0.05) is 30.3 Å². The van der Waals surface area contributed by atoms with Crippen LogP contribution in [0.25, 0.3) is 11.4 Å². The minimum Gasteiger partial charge on any atom is -0.484 e. The van der Waals surface area contributed by atoms with Crippen molar-refractivity contribution in [2.24, 2.45) is 0 Å². The third-order valence-electron chi connectivity index (χ3n) is 6.76. The van der Waals surface area contributed by atoms with E-state index in [9.17, 15) is 9.59 Å². The van der Waals surface area contributed by atoms with Crippen molar-refractivity contribution in [3.05, 3.63) is 66.0 Å². The van der Waals surface area contributed by atoms with Crippen LogP contribution in [0.2, 0.25) is 0 Å². The van der Waals surface area contributed by atoms with Crippen molar-refractivity contribution in [3.8, 4) is 17.1 Å². The molecular weight excluding hydrogens is 442 g/mol. The lowest BCUT2D eigenvalue weighted by Gasteiger charge is -2.34. The van der Waals surface area contributed by atoms with Crippen LogP contribution in [0.4, 0.5) is 0 Å². The Kier molecular flexibility index (Phi) is 7.07. The molecule has 35 heavy (non-hydrogen) atoms. The van der Waals surface area contributed by atoms with Gasteiger partial charge in [0, 0.05) is 30.8 Å². The maximum absolute atomic E-state index is 13.0. The summed E-state index contributed by atoms with van der Waals surface area (Å²) >= 11 is 0. The maximum Gasteiger partial charge on any atom is 0.261 e. The van der Waals surface area contributed by atoms with Crippen LogP contribution >= 0.6 is 0 Å². The van der Waals surface area contributed by atoms with Gasteiger partial charge in [-0.05, 0) is 62.8 Å². The molecule has 2 aromatic carbocycles. The van der Waals surface area contributed by atoms with Crippen molar-refractivity contribution in [2.45, 2.75) is 44.6 Å². The predicted octanol–water partition coefficient (Wildman–Crippen LogP) is 4.23. The summed E-state index contributed by atoms with van der Waals surface area (Å²) in [5.41, 5.74) is 1.44. The summed E-state index contributed by atoms with van der Waals surface area (Å²) < 4.78 is 5.69. The van der Waals surface area contributed by atoms with Crippen molar-refractivity contribution >= 4 is 11.8 Å². The van der Waals surface area contributed by atoms with Crippen molar-refractivity contribution in [2.75, 3.05) is 26.2 Å². The molecule has 8 nitrogen and oxygen atoms in total. The van der Waals surface area contributed by atoms with E-state index in [1.165, 1.54) is 6.42 Å². The summed E-state index contributed by atoms with van der Waals surface area (Å²) in [6, 6.07) is 16.7. The van der Waals surface area contributed by atoms with Gasteiger partial charge >= 0.3 is 0 Å². The number of hydrogen-bond donors (Lipinski definition) is 1. The monoisotopic (exact) mass is 473 g/mol. The maximum atomic E-state index is 13.0. The van der Waals surface area contributed by atoms with Gasteiger partial charge in [-0.2, -0.15) is 5.10 Å². The molecule has 8 heteroatoms. The highest BCUT2D eigenvalue weighted by Crippen LogP contribution is 2.30. The summed E-state index contributed by atoms with van der Waals surface area (Å²) in [5, 5.41) is 7.49. The number of nitrogens with zero attached hydrogens (tertiary/aromatic N) is 4. The number of piperidine rings is 2. The lowest BCUT2D eigenvalue weighted by molar-refractivity contribution is -0.137. The first kappa shape index (κ1) is 23.1. The summed E-state index contributed by atoms with van der Waals surface area (Å²) in [6.45, 7) is 2.28. The first-order valence-electron chi connectivity index (χ1n) is 12.5. The molecule has 0 spiro atoms. The van der Waals surface area contributed by atoms with Crippen LogP contribution in [0.1, 0.15) is 60.7 Å². The zero-order valence-electron chi connectivity index (χ0n) is 19.9. The molecule has 182 valence electrons. The Labute approximate surface area is 205 Å². The van der Waals surface area contributed by atoms with E-state index in [2.05, 4.69) is 10.2 Å². The number of hydrogen-bond acceptors (Lipinski definition) is 5. The third kappa shape index (κ3) is 5.37. The number of benzene rings is 2. The van der Waals surface area contributed by atoms with E-state index in [1.54, 1.807) is 0 Å². The number of nitrogens with one attached hydrogen (secondary N) is 1. The minimum atomic E-state index is -0.171. The molecule has 2 aliphatic rings. The number of ether oxygens (including phenoxy) is 1. The quantitative estimate of drug-likeness (QED) is 0.579. The molecule has 5 rings (SSSR count). The normalized spacial score (nSPS) is 18.3. The largest absolute Gasteiger partial charge is 0.484 e. The van der Waals surface area contributed by atoms with Gasteiger partial charge in [-0.25, -0.2) is 4.98 Å². The Bertz CT molecular complexity index is 1160. The Morgan fingerprint density at radius 2 is 1.74 bits per heavy atom. The Morgan fingerprint density at radius 3 is 2.57 bits per heavy atom. The van der Waals surface area contributed by atoms with Gasteiger partial charge in [0.15, 0.2) is 12.4 Å². The molecule has 2 fully saturated rings. The third-order valence-corrected chi connectivity index (χ3v) is 6.76. The topological polar surface area (TPSA) is 91.4 Å². The predicted molar refractivity (Wildman–Crippen MR) is 132 cm³/mol. The average molecular weight is 474 g/mol. The number of H-pyrrole nitrogens is 1. The molecule has 2 aliphatic heterocycles. The SMILES string of the molecule is O=C(c1cccc(-c2n[nH]c([C@H]3CCCCN3C(=O)COc3ccccc3)n2)c1)N1CCCCC1. The van der Waals surface area contributed by atoms with Crippen LogP contribution in [-0.4, -0.2) is 63.0 Å². The first-order valence-corrected chi connectivity index (χ1v) is 12.5. The number of carbonyl (C=O) groups is 2. The van der Waals surface area contributed by atoms with Crippen molar-refractivity contribution < 1.29 is 14.3 Å². The zero-order valence-corrected chi connectivity index (χ0v) is 19.9. The highest BCUT2D eigenvalue weighted by Gasteiger charge is 2.31. The molecule has 0 unspecified atom stereocenters. The number of likely N-dealkylation sites (tertiary alicyclic amines) is 2. The van der Waals surface area contributed by atoms with E-state index >= 15 is 0 Å². The molecule has 1 N–H and O–H groups in total. The van der Waals surface area contributed by atoms with Crippen LogP contribution < -0.4 is 4.74 Å². The van der Waals surface area contributed by atoms with Gasteiger partial charge < -0.3 is 14.5 Å². The molecule has 1 atom stereocenters. The number of amides is 2. The van der Waals surface area contributed by atoms with E-state index in [0.29, 0.717) is 29.5 Å². The fourth-order valence-corrected chi connectivity index (χ4v) is 4.88. The van der Waals surface area contributed by atoms with Gasteiger partial charge in [-0.3, -0.25) is 14.7 Å². The summed E-state index contributed by atoms with van der Waals surface area (Å²) in [7, 11) is 0. The molecule has 1 aromatic heterocycles. The zero-order chi connectivity index (χ0) is 24.0. The van der Waals surface area contributed by atoms with Crippen molar-refractivity contribution in [3.63, 3.8) is 0 Å². The van der Waals surface area contributed by atoms with Gasteiger partial charge in [0.25, 0.3) is 11.8 Å². The second kappa shape index (κ2) is 10.7. The number of para-hydroxylation sites is 1. The number of carbonyl (C=O) groups excluding carboxylic acids is 2. The van der Waals surface area contributed by atoms with E-state index in [1.807, 2.05) is 64.4 Å². The van der Waals surface area contributed by atoms with Crippen LogP contribution in [0.15, 0.2) is 54.6 Å². The molecule has 3 heterocycles. The molecule has 0 saturated carbocycles. The number of rotatable bonds is 6. The number of aromatic nitrogens is 3. The average Bonchev–Trinajstić information content (AvgIpc) is 3.43. The summed E-state index contributed by atoms with van der Waals surface area (Å²) in [5.74, 6) is 1.87. The second-order valence-electron chi connectivity index (χ2n) is 9.18. The van der Waals surface area contributed by atoms with E-state index in [4.69, 9.17) is 9.72 Å². The first-order chi connectivity index (χ1) is 17.2. The number of aromatic amines is 1. The molecule has 0 radical (unpaired) electrons. The van der Waals surface area contributed by atoms with Crippen LogP contribution in [-0.2, 0) is 4.79 Å². The van der Waals surface area contributed by atoms with Crippen molar-refractivity contribution in [1.82, 2.24) is 25.0 Å². The van der Waals surface area contributed by atoms with Crippen LogP contribution in [0, 0.1) is 0 Å². The molecule has 2 amide bonds. The van der Waals surface area contributed by atoms with E-state index < -0.39 is 0 Å². The highest BCUT2D eigenvalue weighted by atomic mass is 16.5. The molecular formula is C27H31N5O3. The Morgan fingerprint density at radius 1 is 0.943 bits per heavy atom. The minimum absolute atomic E-state index is 0.0117. The van der Waals surface area contributed by atoms with Crippen molar-refractivity contribution in [1.29, 1.82) is 0 Å². The lowest BCUT2D eigenvalue weighted by atomic mass is 10.0. The standard InChI is InChI=1S/C27H31N5O3/c33-24(19-35-22-12-3-1-4-13-22)32-17-8-5-14-23(32)26-28-25(29-30-26)20-10-9-11-21(18-20)27(34)31-15-6-2-7-16-31/h1,3-4,9-13,18,23H,2,5-8,14-17,19H2,(H,28,29,30)/t23-/m1/s1. The summed E-state index contributed by atoms with van der Waals surface area (Å²) in [6.07, 6.45) is 6.09. The fourth-order valence-electron chi connectivity index (χ4n) is 4.88. The summed E-state index contributed by atoms with van der Waals surface area (Å²) in [4.78, 5) is 34.4. The molecule has 3 aromatic rings. The van der Waals surface area contributed by atoms with Crippen LogP contribution in [0.3, 0.4) is 0 Å². The van der Waals surface area contributed by atoms with Gasteiger partial charge in [0.05, 0.1) is 6.04 Å². The lowest BCUT2D eigenvalue weighted by Crippen LogP contribution is -2.41. The van der Waals surface area contributed by atoms with Crippen LogP contribution in [0.5, 0.6) is 5.75 Å². The van der Waals surface area contributed by atoms with E-state index in [0.717, 1.165) is 50.8 Å². The smallest absolute Gasteiger partial charge is 0.261 e. The van der Waals surface area contributed by atoms with Gasteiger partial charge in [0.1, 0.15) is 11.6 Å². The van der Waals surface area contributed by atoms with E-state index in [-0.39, 0.29) is 24.5 Å². The Balaban J connectivity index is 1.29. The van der Waals surface area contributed by atoms with Gasteiger partial charge in [-0.15, -0.1) is 0 Å². The Hall–Kier alpha value is -3.68. The molecule has 0 bridgehead atoms. The molecule has 2 saturated heterocycles. The molecule has 0 aliphatic carbocycles. The fraction of sp³-hybridized carbons (Fsp3) is 0.407. The highest BCUT2D eigenvalue weighted by molar-refractivity contribution is 5.95. The second-order valence-corrected chi connectivity index (χ2v) is 9.18. The van der Waals surface area contributed by atoms with Gasteiger partial charge in [0.2, 0.25) is 0 Å².